The predicted molar refractivity (Wildman–Crippen MR) is 55.9 cm³/mol. The standard InChI is InChI=1S/C12H14O/c1-3-4-5-9-7-6-8(2)10-11(9)12(10)13/h6-7H,3-5H2,1-2H3. The number of benzene rings is 1. The van der Waals surface area contributed by atoms with E-state index in [1.54, 1.807) is 0 Å². The van der Waals surface area contributed by atoms with Crippen LogP contribution in [0.4, 0.5) is 0 Å². The first-order valence-corrected chi connectivity index (χ1v) is 4.93. The van der Waals surface area contributed by atoms with Crippen molar-refractivity contribution in [2.45, 2.75) is 33.1 Å². The maximum Gasteiger partial charge on any atom is 0.195 e. The van der Waals surface area contributed by atoms with Crippen molar-refractivity contribution in [1.29, 1.82) is 0 Å². The van der Waals surface area contributed by atoms with Crippen molar-refractivity contribution in [3.05, 3.63) is 33.5 Å². The molecule has 0 aromatic heterocycles. The number of fused-ring (bicyclic) bond motifs is 1. The molecule has 68 valence electrons. The summed E-state index contributed by atoms with van der Waals surface area (Å²) in [6, 6.07) is 4.17. The first kappa shape index (κ1) is 8.49. The average molecular weight is 174 g/mol. The smallest absolute Gasteiger partial charge is 0.195 e. The second-order valence-corrected chi connectivity index (χ2v) is 3.72. The molecule has 0 aliphatic heterocycles. The Morgan fingerprint density at radius 3 is 2.69 bits per heavy atom. The molecule has 0 N–H and O–H groups in total. The highest BCUT2D eigenvalue weighted by Gasteiger charge is 2.17. The van der Waals surface area contributed by atoms with Crippen molar-refractivity contribution >= 4 is 10.8 Å². The van der Waals surface area contributed by atoms with Crippen LogP contribution in [0.3, 0.4) is 0 Å². The van der Waals surface area contributed by atoms with Crippen LogP contribution >= 0.6 is 0 Å². The fourth-order valence-corrected chi connectivity index (χ4v) is 1.82. The second kappa shape index (κ2) is 2.99. The molecule has 0 amide bonds. The Bertz CT molecular complexity index is 444. The van der Waals surface area contributed by atoms with Crippen molar-refractivity contribution in [3.8, 4) is 0 Å². The summed E-state index contributed by atoms with van der Waals surface area (Å²) >= 11 is 0. The molecule has 1 nitrogen and oxygen atoms in total. The van der Waals surface area contributed by atoms with Gasteiger partial charge in [0, 0.05) is 10.8 Å². The zero-order valence-corrected chi connectivity index (χ0v) is 8.18. The molecule has 0 saturated heterocycles. The van der Waals surface area contributed by atoms with Crippen molar-refractivity contribution in [2.75, 3.05) is 0 Å². The summed E-state index contributed by atoms with van der Waals surface area (Å²) in [6.07, 6.45) is 3.43. The Morgan fingerprint density at radius 2 is 2.00 bits per heavy atom. The van der Waals surface area contributed by atoms with Crippen molar-refractivity contribution < 1.29 is 0 Å². The number of hydrogen-bond acceptors (Lipinski definition) is 1. The van der Waals surface area contributed by atoms with E-state index in [-0.39, 0.29) is 5.43 Å². The van der Waals surface area contributed by atoms with Gasteiger partial charge in [-0.25, -0.2) is 0 Å². The zero-order chi connectivity index (χ0) is 9.42. The molecule has 0 unspecified atom stereocenters. The lowest BCUT2D eigenvalue weighted by Gasteiger charge is -1.97. The average Bonchev–Trinajstić information content (AvgIpc) is 2.79. The van der Waals surface area contributed by atoms with E-state index in [0.717, 1.165) is 22.8 Å². The van der Waals surface area contributed by atoms with Gasteiger partial charge in [0.15, 0.2) is 5.43 Å². The quantitative estimate of drug-likeness (QED) is 0.699. The van der Waals surface area contributed by atoms with Crippen LogP contribution in [-0.2, 0) is 6.42 Å². The van der Waals surface area contributed by atoms with Crippen LogP contribution in [0.15, 0.2) is 16.9 Å². The molecule has 0 bridgehead atoms. The van der Waals surface area contributed by atoms with E-state index in [1.807, 2.05) is 6.92 Å². The Balaban J connectivity index is 2.36. The summed E-state index contributed by atoms with van der Waals surface area (Å²) in [5.41, 5.74) is 2.68. The van der Waals surface area contributed by atoms with Crippen molar-refractivity contribution in [3.63, 3.8) is 0 Å². The third-order valence-electron chi connectivity index (χ3n) is 2.69. The Labute approximate surface area is 78.1 Å². The van der Waals surface area contributed by atoms with Gasteiger partial charge in [-0.1, -0.05) is 25.5 Å². The molecule has 2 aromatic carbocycles. The SMILES string of the molecule is CCCCc1ccc(C)c2c(=O)c12. The molecule has 2 aromatic rings. The predicted octanol–water partition coefficient (Wildman–Crippen LogP) is 2.73. The van der Waals surface area contributed by atoms with Gasteiger partial charge in [-0.05, 0) is 30.9 Å². The van der Waals surface area contributed by atoms with E-state index in [2.05, 4.69) is 19.1 Å². The van der Waals surface area contributed by atoms with E-state index in [4.69, 9.17) is 0 Å². The monoisotopic (exact) mass is 174 g/mol. The molecule has 0 aliphatic rings. The summed E-state index contributed by atoms with van der Waals surface area (Å²) in [4.78, 5) is 11.3. The lowest BCUT2D eigenvalue weighted by atomic mass is 10.1. The van der Waals surface area contributed by atoms with Crippen LogP contribution in [0.5, 0.6) is 0 Å². The molecule has 2 rings (SSSR count). The Morgan fingerprint density at radius 1 is 1.23 bits per heavy atom. The molecule has 0 aliphatic carbocycles. The van der Waals surface area contributed by atoms with Gasteiger partial charge in [-0.15, -0.1) is 0 Å². The molecule has 0 atom stereocenters. The minimum atomic E-state index is 0.286. The zero-order valence-electron chi connectivity index (χ0n) is 8.18. The van der Waals surface area contributed by atoms with E-state index in [1.165, 1.54) is 18.4 Å². The van der Waals surface area contributed by atoms with Gasteiger partial charge in [0.25, 0.3) is 0 Å². The Hall–Kier alpha value is -1.11. The highest BCUT2D eigenvalue weighted by atomic mass is 16.1. The molecule has 0 saturated carbocycles. The van der Waals surface area contributed by atoms with Gasteiger partial charge < -0.3 is 0 Å². The number of aryl methyl sites for hydroxylation is 2. The number of unbranched alkanes of at least 4 members (excludes halogenated alkanes) is 1. The minimum absolute atomic E-state index is 0.286. The van der Waals surface area contributed by atoms with E-state index in [9.17, 15) is 4.79 Å². The first-order valence-electron chi connectivity index (χ1n) is 4.93. The third-order valence-corrected chi connectivity index (χ3v) is 2.69. The van der Waals surface area contributed by atoms with E-state index >= 15 is 0 Å². The maximum atomic E-state index is 11.3. The highest BCUT2D eigenvalue weighted by molar-refractivity contribution is 6.02. The van der Waals surface area contributed by atoms with E-state index < -0.39 is 0 Å². The Kier molecular flexibility index (Phi) is 1.95. The molecular weight excluding hydrogens is 160 g/mol. The van der Waals surface area contributed by atoms with Crippen LogP contribution in [0.2, 0.25) is 0 Å². The second-order valence-electron chi connectivity index (χ2n) is 3.72. The molecule has 0 spiro atoms. The lowest BCUT2D eigenvalue weighted by molar-refractivity contribution is 0.799. The van der Waals surface area contributed by atoms with Crippen LogP contribution in [0, 0.1) is 6.92 Å². The molecule has 1 heteroatoms. The minimum Gasteiger partial charge on any atom is -0.289 e. The van der Waals surface area contributed by atoms with Gasteiger partial charge in [0.05, 0.1) is 0 Å². The molecular formula is C12H14O. The first-order chi connectivity index (χ1) is 6.25. The summed E-state index contributed by atoms with van der Waals surface area (Å²) in [5, 5.41) is 2.02. The molecule has 0 fully saturated rings. The van der Waals surface area contributed by atoms with Crippen LogP contribution in [-0.4, -0.2) is 0 Å². The lowest BCUT2D eigenvalue weighted by Crippen LogP contribution is -1.83. The third kappa shape index (κ3) is 1.28. The molecule has 13 heavy (non-hydrogen) atoms. The normalized spacial score (nSPS) is 11.5. The topological polar surface area (TPSA) is 17.1 Å². The van der Waals surface area contributed by atoms with Gasteiger partial charge in [-0.3, -0.25) is 4.79 Å². The van der Waals surface area contributed by atoms with Crippen LogP contribution < -0.4 is 5.43 Å². The van der Waals surface area contributed by atoms with Gasteiger partial charge in [0.2, 0.25) is 0 Å². The highest BCUT2D eigenvalue weighted by Crippen LogP contribution is 2.24. The summed E-state index contributed by atoms with van der Waals surface area (Å²) in [5.74, 6) is 0. The largest absolute Gasteiger partial charge is 0.289 e. The number of rotatable bonds is 3. The van der Waals surface area contributed by atoms with Crippen molar-refractivity contribution in [1.82, 2.24) is 0 Å². The fourth-order valence-electron chi connectivity index (χ4n) is 1.82. The van der Waals surface area contributed by atoms with Gasteiger partial charge in [0.1, 0.15) is 0 Å². The summed E-state index contributed by atoms with van der Waals surface area (Å²) in [6.45, 7) is 4.18. The van der Waals surface area contributed by atoms with E-state index in [0.29, 0.717) is 0 Å². The van der Waals surface area contributed by atoms with Crippen LogP contribution in [0.25, 0.3) is 10.8 Å². The van der Waals surface area contributed by atoms with Crippen LogP contribution in [0.1, 0.15) is 30.9 Å². The van der Waals surface area contributed by atoms with Gasteiger partial charge >= 0.3 is 0 Å². The van der Waals surface area contributed by atoms with Gasteiger partial charge in [-0.2, -0.15) is 0 Å². The summed E-state index contributed by atoms with van der Waals surface area (Å²) in [7, 11) is 0. The molecule has 0 radical (unpaired) electrons. The van der Waals surface area contributed by atoms with Crippen molar-refractivity contribution in [2.24, 2.45) is 0 Å². The fraction of sp³-hybridized carbons (Fsp3) is 0.417. The molecule has 0 heterocycles. The maximum absolute atomic E-state index is 11.3. The number of hydrogen-bond donors (Lipinski definition) is 0. The summed E-state index contributed by atoms with van der Waals surface area (Å²) < 4.78 is 0.